The van der Waals surface area contributed by atoms with Crippen molar-refractivity contribution in [2.24, 2.45) is 0 Å². The van der Waals surface area contributed by atoms with Crippen LogP contribution >= 0.6 is 11.3 Å². The SMILES string of the molecule is COC(CNC(=O)c1cn(Cc2cccs2)nn1)C(=O)O. The molecule has 2 heterocycles. The quantitative estimate of drug-likeness (QED) is 0.757. The molecule has 0 radical (unpaired) electrons. The summed E-state index contributed by atoms with van der Waals surface area (Å²) in [4.78, 5) is 23.7. The molecule has 0 aliphatic rings. The van der Waals surface area contributed by atoms with Crippen LogP contribution in [-0.4, -0.2) is 51.7 Å². The number of rotatable bonds is 7. The Morgan fingerprint density at radius 2 is 2.38 bits per heavy atom. The molecule has 0 spiro atoms. The van der Waals surface area contributed by atoms with Gasteiger partial charge in [-0.05, 0) is 11.4 Å². The Labute approximate surface area is 124 Å². The van der Waals surface area contributed by atoms with Gasteiger partial charge in [-0.15, -0.1) is 16.4 Å². The van der Waals surface area contributed by atoms with Crippen LogP contribution < -0.4 is 5.32 Å². The van der Waals surface area contributed by atoms with E-state index in [1.807, 2.05) is 17.5 Å². The summed E-state index contributed by atoms with van der Waals surface area (Å²) in [7, 11) is 1.27. The molecule has 8 nitrogen and oxygen atoms in total. The Hall–Kier alpha value is -2.26. The van der Waals surface area contributed by atoms with Crippen LogP contribution in [0.15, 0.2) is 23.7 Å². The van der Waals surface area contributed by atoms with Gasteiger partial charge in [0.05, 0.1) is 19.3 Å². The average molecular weight is 310 g/mol. The number of hydrogen-bond donors (Lipinski definition) is 2. The number of carboxylic acid groups (broad SMARTS) is 1. The van der Waals surface area contributed by atoms with E-state index in [9.17, 15) is 9.59 Å². The zero-order valence-electron chi connectivity index (χ0n) is 11.2. The highest BCUT2D eigenvalue weighted by Crippen LogP contribution is 2.09. The van der Waals surface area contributed by atoms with Gasteiger partial charge in [0.15, 0.2) is 11.8 Å². The van der Waals surface area contributed by atoms with Crippen molar-refractivity contribution in [3.63, 3.8) is 0 Å². The van der Waals surface area contributed by atoms with E-state index in [2.05, 4.69) is 15.6 Å². The van der Waals surface area contributed by atoms with Crippen LogP contribution in [0.4, 0.5) is 0 Å². The molecule has 0 aromatic carbocycles. The summed E-state index contributed by atoms with van der Waals surface area (Å²) in [5, 5.41) is 20.8. The minimum absolute atomic E-state index is 0.131. The topological polar surface area (TPSA) is 106 Å². The Kier molecular flexibility index (Phi) is 5.01. The van der Waals surface area contributed by atoms with Gasteiger partial charge in [-0.25, -0.2) is 9.48 Å². The molecule has 2 aromatic rings. The van der Waals surface area contributed by atoms with E-state index >= 15 is 0 Å². The third kappa shape index (κ3) is 4.10. The van der Waals surface area contributed by atoms with Gasteiger partial charge in [-0.2, -0.15) is 0 Å². The molecule has 9 heteroatoms. The summed E-state index contributed by atoms with van der Waals surface area (Å²) in [5.74, 6) is -1.63. The van der Waals surface area contributed by atoms with Gasteiger partial charge in [-0.3, -0.25) is 4.79 Å². The zero-order valence-corrected chi connectivity index (χ0v) is 12.0. The molecule has 2 N–H and O–H groups in total. The fourth-order valence-electron chi connectivity index (χ4n) is 1.59. The van der Waals surface area contributed by atoms with Gasteiger partial charge in [0.1, 0.15) is 0 Å². The number of ether oxygens (including phenoxy) is 1. The second-order valence-corrected chi connectivity index (χ2v) is 5.19. The second kappa shape index (κ2) is 6.95. The number of thiophene rings is 1. The van der Waals surface area contributed by atoms with Crippen molar-refractivity contribution in [3.8, 4) is 0 Å². The minimum atomic E-state index is -1.14. The van der Waals surface area contributed by atoms with Crippen LogP contribution in [0, 0.1) is 0 Å². The first-order valence-electron chi connectivity index (χ1n) is 6.06. The number of nitrogens with zero attached hydrogens (tertiary/aromatic N) is 3. The average Bonchev–Trinajstić information content (AvgIpc) is 3.11. The van der Waals surface area contributed by atoms with Crippen LogP contribution in [-0.2, 0) is 16.1 Å². The maximum absolute atomic E-state index is 11.8. The first kappa shape index (κ1) is 15.1. The molecule has 0 saturated carbocycles. The zero-order chi connectivity index (χ0) is 15.2. The molecule has 0 aliphatic carbocycles. The van der Waals surface area contributed by atoms with Gasteiger partial charge < -0.3 is 15.2 Å². The third-order valence-corrected chi connectivity index (χ3v) is 3.54. The van der Waals surface area contributed by atoms with Crippen molar-refractivity contribution in [3.05, 3.63) is 34.3 Å². The monoisotopic (exact) mass is 310 g/mol. The van der Waals surface area contributed by atoms with Gasteiger partial charge in [0.2, 0.25) is 0 Å². The van der Waals surface area contributed by atoms with Crippen molar-refractivity contribution >= 4 is 23.2 Å². The van der Waals surface area contributed by atoms with E-state index in [-0.39, 0.29) is 12.2 Å². The van der Waals surface area contributed by atoms with Crippen molar-refractivity contribution < 1.29 is 19.4 Å². The highest BCUT2D eigenvalue weighted by molar-refractivity contribution is 7.09. The van der Waals surface area contributed by atoms with E-state index in [0.29, 0.717) is 6.54 Å². The molecule has 1 unspecified atom stereocenters. The number of aliphatic carboxylic acids is 1. The molecular weight excluding hydrogens is 296 g/mol. The maximum Gasteiger partial charge on any atom is 0.334 e. The number of nitrogens with one attached hydrogen (secondary N) is 1. The Morgan fingerprint density at radius 1 is 1.57 bits per heavy atom. The first-order valence-corrected chi connectivity index (χ1v) is 6.94. The van der Waals surface area contributed by atoms with Crippen molar-refractivity contribution in [2.45, 2.75) is 12.6 Å². The largest absolute Gasteiger partial charge is 0.479 e. The third-order valence-electron chi connectivity index (χ3n) is 2.68. The Balaban J connectivity index is 1.91. The number of hydrogen-bond acceptors (Lipinski definition) is 6. The fraction of sp³-hybridized carbons (Fsp3) is 0.333. The minimum Gasteiger partial charge on any atom is -0.479 e. The maximum atomic E-state index is 11.8. The van der Waals surface area contributed by atoms with Crippen LogP contribution in [0.25, 0.3) is 0 Å². The van der Waals surface area contributed by atoms with Crippen LogP contribution in [0.5, 0.6) is 0 Å². The number of carbonyl (C=O) groups excluding carboxylic acids is 1. The van der Waals surface area contributed by atoms with Crippen molar-refractivity contribution in [2.75, 3.05) is 13.7 Å². The Bertz CT molecular complexity index is 611. The molecule has 0 saturated heterocycles. The predicted molar refractivity (Wildman–Crippen MR) is 74.2 cm³/mol. The summed E-state index contributed by atoms with van der Waals surface area (Å²) in [6, 6.07) is 3.89. The lowest BCUT2D eigenvalue weighted by Crippen LogP contribution is -2.37. The van der Waals surface area contributed by atoms with Gasteiger partial charge >= 0.3 is 5.97 Å². The molecular formula is C12H14N4O4S. The van der Waals surface area contributed by atoms with Crippen molar-refractivity contribution in [1.82, 2.24) is 20.3 Å². The smallest absolute Gasteiger partial charge is 0.334 e. The normalized spacial score (nSPS) is 12.0. The molecule has 1 amide bonds. The molecule has 0 fully saturated rings. The summed E-state index contributed by atoms with van der Waals surface area (Å²) in [6.07, 6.45) is 0.424. The van der Waals surface area contributed by atoms with Crippen LogP contribution in [0.1, 0.15) is 15.4 Å². The summed E-state index contributed by atoms with van der Waals surface area (Å²) in [6.45, 7) is 0.399. The van der Waals surface area contributed by atoms with E-state index in [4.69, 9.17) is 9.84 Å². The van der Waals surface area contributed by atoms with Gasteiger partial charge in [0.25, 0.3) is 5.91 Å². The summed E-state index contributed by atoms with van der Waals surface area (Å²) in [5.41, 5.74) is 0.131. The number of carboxylic acids is 1. The lowest BCUT2D eigenvalue weighted by molar-refractivity contribution is -0.148. The first-order chi connectivity index (χ1) is 10.1. The van der Waals surface area contributed by atoms with Gasteiger partial charge in [-0.1, -0.05) is 11.3 Å². The predicted octanol–water partition coefficient (Wildman–Crippen LogP) is 0.217. The molecule has 0 bridgehead atoms. The number of amides is 1. The molecule has 2 rings (SSSR count). The second-order valence-electron chi connectivity index (χ2n) is 4.15. The van der Waals surface area contributed by atoms with Gasteiger partial charge in [0, 0.05) is 12.0 Å². The number of carbonyl (C=O) groups is 2. The van der Waals surface area contributed by atoms with E-state index in [1.54, 1.807) is 16.0 Å². The van der Waals surface area contributed by atoms with E-state index in [1.165, 1.54) is 13.3 Å². The number of aromatic nitrogens is 3. The van der Waals surface area contributed by atoms with Crippen LogP contribution in [0.3, 0.4) is 0 Å². The lowest BCUT2D eigenvalue weighted by Gasteiger charge is -2.10. The molecule has 2 aromatic heterocycles. The fourth-order valence-corrected chi connectivity index (χ4v) is 2.29. The van der Waals surface area contributed by atoms with E-state index in [0.717, 1.165) is 4.88 Å². The highest BCUT2D eigenvalue weighted by Gasteiger charge is 2.19. The number of methoxy groups -OCH3 is 1. The molecule has 1 atom stereocenters. The molecule has 0 aliphatic heterocycles. The highest BCUT2D eigenvalue weighted by atomic mass is 32.1. The van der Waals surface area contributed by atoms with E-state index < -0.39 is 18.0 Å². The molecule has 112 valence electrons. The van der Waals surface area contributed by atoms with Crippen LogP contribution in [0.2, 0.25) is 0 Å². The summed E-state index contributed by atoms with van der Waals surface area (Å²) >= 11 is 1.58. The molecule has 21 heavy (non-hydrogen) atoms. The van der Waals surface area contributed by atoms with Crippen molar-refractivity contribution in [1.29, 1.82) is 0 Å². The lowest BCUT2D eigenvalue weighted by atomic mass is 10.3. The summed E-state index contributed by atoms with van der Waals surface area (Å²) < 4.78 is 6.27. The Morgan fingerprint density at radius 3 is 3.00 bits per heavy atom. The standard InChI is InChI=1S/C12H14N4O4S/c1-20-10(12(18)19)5-13-11(17)9-7-16(15-14-9)6-8-3-2-4-21-8/h2-4,7,10H,5-6H2,1H3,(H,13,17)(H,18,19).